The van der Waals surface area contributed by atoms with Crippen LogP contribution in [0.3, 0.4) is 0 Å². The Morgan fingerprint density at radius 2 is 2.15 bits per heavy atom. The molecule has 0 saturated carbocycles. The van der Waals surface area contributed by atoms with Crippen LogP contribution < -0.4 is 5.32 Å². The van der Waals surface area contributed by atoms with Crippen LogP contribution in [-0.2, 0) is 6.54 Å². The SMILES string of the molecule is CCCCCN(C)C(=O)NCc1cc(C(=O)O)ccn1. The molecule has 1 aromatic rings. The van der Waals surface area contributed by atoms with Gasteiger partial charge in [-0.2, -0.15) is 0 Å². The van der Waals surface area contributed by atoms with Crippen molar-refractivity contribution in [3.05, 3.63) is 29.6 Å². The van der Waals surface area contributed by atoms with Gasteiger partial charge >= 0.3 is 12.0 Å². The number of nitrogens with one attached hydrogen (secondary N) is 1. The molecule has 2 amide bonds. The molecule has 1 rings (SSSR count). The van der Waals surface area contributed by atoms with Crippen LogP contribution in [0, 0.1) is 0 Å². The van der Waals surface area contributed by atoms with E-state index < -0.39 is 5.97 Å². The first-order valence-corrected chi connectivity index (χ1v) is 6.71. The first kappa shape index (κ1) is 15.9. The molecule has 0 aliphatic rings. The van der Waals surface area contributed by atoms with Crippen LogP contribution in [0.1, 0.15) is 42.2 Å². The molecule has 20 heavy (non-hydrogen) atoms. The van der Waals surface area contributed by atoms with E-state index in [1.807, 2.05) is 0 Å². The lowest BCUT2D eigenvalue weighted by atomic mass is 10.2. The number of carbonyl (C=O) groups excluding carboxylic acids is 1. The van der Waals surface area contributed by atoms with E-state index in [1.165, 1.54) is 18.3 Å². The lowest BCUT2D eigenvalue weighted by molar-refractivity contribution is 0.0696. The highest BCUT2D eigenvalue weighted by atomic mass is 16.4. The minimum Gasteiger partial charge on any atom is -0.478 e. The number of aromatic nitrogens is 1. The number of unbranched alkanes of at least 4 members (excludes halogenated alkanes) is 2. The molecule has 1 aromatic heterocycles. The molecule has 0 aromatic carbocycles. The summed E-state index contributed by atoms with van der Waals surface area (Å²) in [5.41, 5.74) is 0.695. The molecule has 0 atom stereocenters. The number of urea groups is 1. The second-order valence-corrected chi connectivity index (χ2v) is 4.63. The van der Waals surface area contributed by atoms with Crippen molar-refractivity contribution in [3.8, 4) is 0 Å². The van der Waals surface area contributed by atoms with Crippen LogP contribution in [-0.4, -0.2) is 40.6 Å². The number of carboxylic acids is 1. The highest BCUT2D eigenvalue weighted by Crippen LogP contribution is 2.02. The van der Waals surface area contributed by atoms with Crippen molar-refractivity contribution in [2.24, 2.45) is 0 Å². The maximum absolute atomic E-state index is 11.8. The minimum absolute atomic E-state index is 0.167. The Morgan fingerprint density at radius 1 is 1.40 bits per heavy atom. The topological polar surface area (TPSA) is 82.5 Å². The van der Waals surface area contributed by atoms with E-state index in [9.17, 15) is 9.59 Å². The number of amides is 2. The summed E-state index contributed by atoms with van der Waals surface area (Å²) in [5.74, 6) is -1.00. The number of aromatic carboxylic acids is 1. The van der Waals surface area contributed by atoms with Crippen molar-refractivity contribution in [2.75, 3.05) is 13.6 Å². The van der Waals surface area contributed by atoms with Gasteiger partial charge in [-0.15, -0.1) is 0 Å². The quantitative estimate of drug-likeness (QED) is 0.749. The summed E-state index contributed by atoms with van der Waals surface area (Å²) in [6, 6.07) is 2.70. The van der Waals surface area contributed by atoms with Gasteiger partial charge in [0.2, 0.25) is 0 Å². The average Bonchev–Trinajstić information content (AvgIpc) is 2.45. The van der Waals surface area contributed by atoms with Gasteiger partial charge in [-0.05, 0) is 18.6 Å². The summed E-state index contributed by atoms with van der Waals surface area (Å²) in [7, 11) is 1.74. The van der Waals surface area contributed by atoms with E-state index in [2.05, 4.69) is 17.2 Å². The number of carboxylic acid groups (broad SMARTS) is 1. The van der Waals surface area contributed by atoms with Gasteiger partial charge in [0.25, 0.3) is 0 Å². The summed E-state index contributed by atoms with van der Waals surface area (Å²) in [4.78, 5) is 28.3. The normalized spacial score (nSPS) is 10.1. The minimum atomic E-state index is -1.00. The van der Waals surface area contributed by atoms with Crippen molar-refractivity contribution < 1.29 is 14.7 Å². The summed E-state index contributed by atoms with van der Waals surface area (Å²) in [6.45, 7) is 3.04. The molecule has 1 heterocycles. The third-order valence-electron chi connectivity index (χ3n) is 2.93. The van der Waals surface area contributed by atoms with Gasteiger partial charge in [0.1, 0.15) is 0 Å². The first-order chi connectivity index (χ1) is 9.54. The Bertz CT molecular complexity index is 463. The largest absolute Gasteiger partial charge is 0.478 e. The molecular weight excluding hydrogens is 258 g/mol. The Balaban J connectivity index is 2.44. The van der Waals surface area contributed by atoms with E-state index in [0.29, 0.717) is 12.2 Å². The number of carbonyl (C=O) groups is 2. The number of hydrogen-bond donors (Lipinski definition) is 2. The second kappa shape index (κ2) is 8.14. The number of nitrogens with zero attached hydrogens (tertiary/aromatic N) is 2. The predicted octanol–water partition coefficient (Wildman–Crippen LogP) is 2.11. The zero-order chi connectivity index (χ0) is 15.0. The van der Waals surface area contributed by atoms with Crippen LogP contribution in [0.5, 0.6) is 0 Å². The van der Waals surface area contributed by atoms with Crippen molar-refractivity contribution in [1.29, 1.82) is 0 Å². The molecule has 0 unspecified atom stereocenters. The molecule has 0 bridgehead atoms. The van der Waals surface area contributed by atoms with Gasteiger partial charge in [-0.3, -0.25) is 4.98 Å². The Labute approximate surface area is 118 Å². The number of hydrogen-bond acceptors (Lipinski definition) is 3. The van der Waals surface area contributed by atoms with Crippen molar-refractivity contribution >= 4 is 12.0 Å². The van der Waals surface area contributed by atoms with E-state index in [1.54, 1.807) is 11.9 Å². The lowest BCUT2D eigenvalue weighted by Crippen LogP contribution is -2.37. The van der Waals surface area contributed by atoms with Gasteiger partial charge in [-0.25, -0.2) is 9.59 Å². The maximum atomic E-state index is 11.8. The zero-order valence-electron chi connectivity index (χ0n) is 11.9. The van der Waals surface area contributed by atoms with Gasteiger partial charge in [-0.1, -0.05) is 19.8 Å². The van der Waals surface area contributed by atoms with Gasteiger partial charge in [0.15, 0.2) is 0 Å². The maximum Gasteiger partial charge on any atom is 0.335 e. The molecular formula is C14H21N3O3. The molecule has 0 spiro atoms. The average molecular weight is 279 g/mol. The molecule has 0 aliphatic carbocycles. The van der Waals surface area contributed by atoms with Gasteiger partial charge in [0, 0.05) is 19.8 Å². The standard InChI is InChI=1S/C14H21N3O3/c1-3-4-5-8-17(2)14(20)16-10-12-9-11(13(18)19)6-7-15-12/h6-7,9H,3-5,8,10H2,1-2H3,(H,16,20)(H,18,19). The Morgan fingerprint density at radius 3 is 2.80 bits per heavy atom. The summed E-state index contributed by atoms with van der Waals surface area (Å²) in [6.07, 6.45) is 4.62. The summed E-state index contributed by atoms with van der Waals surface area (Å²) < 4.78 is 0. The molecule has 0 radical (unpaired) electrons. The lowest BCUT2D eigenvalue weighted by Gasteiger charge is -2.17. The third kappa shape index (κ3) is 5.26. The molecule has 6 nitrogen and oxygen atoms in total. The highest BCUT2D eigenvalue weighted by Gasteiger charge is 2.09. The van der Waals surface area contributed by atoms with E-state index in [4.69, 9.17) is 5.11 Å². The highest BCUT2D eigenvalue weighted by molar-refractivity contribution is 5.87. The molecule has 6 heteroatoms. The molecule has 2 N–H and O–H groups in total. The number of pyridine rings is 1. The van der Waals surface area contributed by atoms with Crippen LogP contribution in [0.15, 0.2) is 18.3 Å². The monoisotopic (exact) mass is 279 g/mol. The smallest absolute Gasteiger partial charge is 0.335 e. The Kier molecular flexibility index (Phi) is 6.49. The fourth-order valence-corrected chi connectivity index (χ4v) is 1.71. The van der Waals surface area contributed by atoms with Crippen molar-refractivity contribution in [3.63, 3.8) is 0 Å². The second-order valence-electron chi connectivity index (χ2n) is 4.63. The first-order valence-electron chi connectivity index (χ1n) is 6.71. The van der Waals surface area contributed by atoms with Crippen LogP contribution in [0.2, 0.25) is 0 Å². The van der Waals surface area contributed by atoms with E-state index in [0.717, 1.165) is 19.3 Å². The van der Waals surface area contributed by atoms with Crippen molar-refractivity contribution in [1.82, 2.24) is 15.2 Å². The van der Waals surface area contributed by atoms with E-state index in [-0.39, 0.29) is 18.1 Å². The van der Waals surface area contributed by atoms with E-state index >= 15 is 0 Å². The van der Waals surface area contributed by atoms with Crippen molar-refractivity contribution in [2.45, 2.75) is 32.7 Å². The van der Waals surface area contributed by atoms with Gasteiger partial charge in [0.05, 0.1) is 17.8 Å². The van der Waals surface area contributed by atoms with Crippen LogP contribution in [0.25, 0.3) is 0 Å². The molecule has 0 saturated heterocycles. The zero-order valence-corrected chi connectivity index (χ0v) is 11.9. The summed E-state index contributed by atoms with van der Waals surface area (Å²) in [5, 5.41) is 11.6. The van der Waals surface area contributed by atoms with Gasteiger partial charge < -0.3 is 15.3 Å². The Hall–Kier alpha value is -2.11. The van der Waals surface area contributed by atoms with Crippen LogP contribution >= 0.6 is 0 Å². The molecule has 0 aliphatic heterocycles. The fraction of sp³-hybridized carbons (Fsp3) is 0.500. The summed E-state index contributed by atoms with van der Waals surface area (Å²) >= 11 is 0. The number of rotatable bonds is 7. The fourth-order valence-electron chi connectivity index (χ4n) is 1.71. The molecule has 110 valence electrons. The predicted molar refractivity (Wildman–Crippen MR) is 75.6 cm³/mol. The van der Waals surface area contributed by atoms with Crippen LogP contribution in [0.4, 0.5) is 4.79 Å². The third-order valence-corrected chi connectivity index (χ3v) is 2.93. The molecule has 0 fully saturated rings.